The average molecular weight is 671 g/mol. The third kappa shape index (κ3) is 8.87. The van der Waals surface area contributed by atoms with Crippen molar-refractivity contribution in [2.75, 3.05) is 37.5 Å². The lowest BCUT2D eigenvalue weighted by molar-refractivity contribution is -0.128. The van der Waals surface area contributed by atoms with Crippen molar-refractivity contribution >= 4 is 39.3 Å². The summed E-state index contributed by atoms with van der Waals surface area (Å²) >= 11 is 1.45. The first-order chi connectivity index (χ1) is 21.9. The third-order valence-electron chi connectivity index (χ3n) is 7.51. The van der Waals surface area contributed by atoms with Gasteiger partial charge in [0.15, 0.2) is 0 Å². The van der Waals surface area contributed by atoms with E-state index in [1.807, 2.05) is 50.2 Å². The fourth-order valence-corrected chi connectivity index (χ4v) is 7.49. The molecule has 0 aliphatic carbocycles. The van der Waals surface area contributed by atoms with E-state index in [1.165, 1.54) is 11.8 Å². The van der Waals surface area contributed by atoms with Crippen LogP contribution in [0.3, 0.4) is 0 Å². The number of ether oxygens (including phenoxy) is 1. The maximum atomic E-state index is 14.0. The van der Waals surface area contributed by atoms with Crippen LogP contribution in [0.15, 0.2) is 76.5 Å². The highest BCUT2D eigenvalue weighted by atomic mass is 32.2. The van der Waals surface area contributed by atoms with Crippen LogP contribution in [-0.4, -0.2) is 80.7 Å². The number of fused-ring (bicyclic) bond motifs is 1. The highest BCUT2D eigenvalue weighted by Gasteiger charge is 2.33. The minimum Gasteiger partial charge on any atom is -0.497 e. The van der Waals surface area contributed by atoms with Crippen molar-refractivity contribution < 1.29 is 33.0 Å². The van der Waals surface area contributed by atoms with Crippen LogP contribution < -0.4 is 25.0 Å². The van der Waals surface area contributed by atoms with Gasteiger partial charge in [0, 0.05) is 41.3 Å². The molecular formula is C33H42N4O7S2. The van der Waals surface area contributed by atoms with E-state index in [1.54, 1.807) is 49.3 Å². The lowest BCUT2D eigenvalue weighted by atomic mass is 9.99. The summed E-state index contributed by atoms with van der Waals surface area (Å²) in [6.45, 7) is 5.57. The van der Waals surface area contributed by atoms with Gasteiger partial charge in [-0.2, -0.15) is 0 Å². The molecule has 4 rings (SSSR count). The van der Waals surface area contributed by atoms with Gasteiger partial charge < -0.3 is 30.5 Å². The van der Waals surface area contributed by atoms with Crippen molar-refractivity contribution in [3.63, 3.8) is 0 Å². The molecule has 2 amide bonds. The molecule has 3 aromatic carbocycles. The maximum absolute atomic E-state index is 14.0. The van der Waals surface area contributed by atoms with Gasteiger partial charge >= 0.3 is 0 Å². The summed E-state index contributed by atoms with van der Waals surface area (Å²) in [4.78, 5) is 29.9. The zero-order valence-electron chi connectivity index (χ0n) is 26.4. The number of aliphatic hydroxyl groups excluding tert-OH is 2. The second kappa shape index (κ2) is 15.4. The first-order valence-corrected chi connectivity index (χ1v) is 17.5. The summed E-state index contributed by atoms with van der Waals surface area (Å²) in [6.07, 6.45) is -0.895. The zero-order chi connectivity index (χ0) is 33.5. The number of aliphatic hydroxyl groups is 2. The molecule has 0 radical (unpaired) electrons. The molecule has 0 fully saturated rings. The molecule has 0 saturated carbocycles. The van der Waals surface area contributed by atoms with E-state index in [4.69, 9.17) is 9.84 Å². The Hall–Kier alpha value is -3.46. The number of nitrogens with one attached hydrogen (secondary N) is 3. The number of anilines is 1. The molecule has 0 spiro atoms. The van der Waals surface area contributed by atoms with E-state index in [0.29, 0.717) is 22.8 Å². The summed E-state index contributed by atoms with van der Waals surface area (Å²) in [5, 5.41) is 24.8. The van der Waals surface area contributed by atoms with Gasteiger partial charge in [-0.3, -0.25) is 9.59 Å². The first-order valence-electron chi connectivity index (χ1n) is 15.0. The number of carbonyl (C=O) groups excluding carboxylic acids is 2. The minimum atomic E-state index is -3.68. The zero-order valence-corrected chi connectivity index (χ0v) is 28.1. The van der Waals surface area contributed by atoms with E-state index in [2.05, 4.69) is 15.4 Å². The molecule has 5 N–H and O–H groups in total. The molecule has 11 nitrogen and oxygen atoms in total. The van der Waals surface area contributed by atoms with Gasteiger partial charge in [0.1, 0.15) is 11.8 Å². The summed E-state index contributed by atoms with van der Waals surface area (Å²) < 4.78 is 33.6. The van der Waals surface area contributed by atoms with E-state index in [9.17, 15) is 23.1 Å². The van der Waals surface area contributed by atoms with Crippen LogP contribution in [0.2, 0.25) is 0 Å². The van der Waals surface area contributed by atoms with Gasteiger partial charge in [-0.05, 0) is 49.2 Å². The summed E-state index contributed by atoms with van der Waals surface area (Å²) in [5.74, 6) is 0.370. The summed E-state index contributed by atoms with van der Waals surface area (Å²) in [6, 6.07) is 18.9. The summed E-state index contributed by atoms with van der Waals surface area (Å²) in [7, 11) is -2.11. The largest absolute Gasteiger partial charge is 0.497 e. The van der Waals surface area contributed by atoms with Crippen LogP contribution >= 0.6 is 11.8 Å². The topological polar surface area (TPSA) is 157 Å². The van der Waals surface area contributed by atoms with E-state index >= 15 is 0 Å². The Morgan fingerprint density at radius 3 is 2.52 bits per heavy atom. The molecule has 46 heavy (non-hydrogen) atoms. The Morgan fingerprint density at radius 1 is 1.13 bits per heavy atom. The fraction of sp³-hybridized carbons (Fsp3) is 0.394. The Labute approximate surface area is 274 Å². The van der Waals surface area contributed by atoms with Gasteiger partial charge in [-0.15, -0.1) is 11.8 Å². The predicted molar refractivity (Wildman–Crippen MR) is 179 cm³/mol. The van der Waals surface area contributed by atoms with Gasteiger partial charge in [0.05, 0.1) is 36.9 Å². The normalized spacial score (nSPS) is 16.0. The van der Waals surface area contributed by atoms with Crippen LogP contribution in [0.4, 0.5) is 5.69 Å². The molecule has 1 aliphatic heterocycles. The Kier molecular flexibility index (Phi) is 11.9. The molecule has 0 aromatic heterocycles. The second-order valence-corrected chi connectivity index (χ2v) is 14.5. The number of sulfonamides is 1. The molecule has 1 aliphatic rings. The quantitative estimate of drug-likeness (QED) is 0.174. The molecule has 0 saturated heterocycles. The number of hydrogen-bond acceptors (Lipinski definition) is 9. The lowest BCUT2D eigenvalue weighted by Crippen LogP contribution is -2.52. The fourth-order valence-electron chi connectivity index (χ4n) is 5.13. The number of amides is 2. The van der Waals surface area contributed by atoms with E-state index in [-0.39, 0.29) is 42.8 Å². The van der Waals surface area contributed by atoms with Crippen LogP contribution in [0.25, 0.3) is 11.1 Å². The van der Waals surface area contributed by atoms with Gasteiger partial charge in [-0.25, -0.2) is 13.1 Å². The Balaban J connectivity index is 1.58. The molecule has 13 heteroatoms. The predicted octanol–water partition coefficient (Wildman–Crippen LogP) is 2.90. The SMILES string of the molecule is CCNS(=O)(=O)c1ccccc1-c1ccc(CN2C(=O)[C@H](NC(=O)CC(C)(C)NC[C@H](O)CO)CSc3cc(OC)ccc32)cc1. The molecule has 0 unspecified atom stereocenters. The van der Waals surface area contributed by atoms with Gasteiger partial charge in [0.2, 0.25) is 15.9 Å². The van der Waals surface area contributed by atoms with Gasteiger partial charge in [0.25, 0.3) is 5.91 Å². The van der Waals surface area contributed by atoms with Crippen LogP contribution in [0.1, 0.15) is 32.8 Å². The molecule has 2 atom stereocenters. The van der Waals surface area contributed by atoms with E-state index in [0.717, 1.165) is 16.0 Å². The van der Waals surface area contributed by atoms with Crippen LogP contribution in [0.5, 0.6) is 5.75 Å². The third-order valence-corrected chi connectivity index (χ3v) is 10.3. The lowest BCUT2D eigenvalue weighted by Gasteiger charge is -2.29. The van der Waals surface area contributed by atoms with Crippen molar-refractivity contribution in [3.8, 4) is 16.9 Å². The molecular weight excluding hydrogens is 629 g/mol. The smallest absolute Gasteiger partial charge is 0.250 e. The number of benzene rings is 3. The van der Waals surface area contributed by atoms with Crippen molar-refractivity contribution in [1.29, 1.82) is 0 Å². The Bertz CT molecular complexity index is 1630. The highest BCUT2D eigenvalue weighted by Crippen LogP contribution is 2.38. The van der Waals surface area contributed by atoms with Crippen LogP contribution in [-0.2, 0) is 26.2 Å². The molecule has 0 bridgehead atoms. The summed E-state index contributed by atoms with van der Waals surface area (Å²) in [5.41, 5.74) is 2.11. The number of hydrogen-bond donors (Lipinski definition) is 5. The minimum absolute atomic E-state index is 0.0484. The number of thioether (sulfide) groups is 1. The number of carbonyl (C=O) groups is 2. The van der Waals surface area contributed by atoms with Crippen LogP contribution in [0, 0.1) is 0 Å². The molecule has 3 aromatic rings. The van der Waals surface area contributed by atoms with Crippen molar-refractivity contribution in [2.24, 2.45) is 0 Å². The van der Waals surface area contributed by atoms with Crippen molar-refractivity contribution in [1.82, 2.24) is 15.4 Å². The van der Waals surface area contributed by atoms with Crippen molar-refractivity contribution in [2.45, 2.75) is 61.2 Å². The molecule has 1 heterocycles. The average Bonchev–Trinajstić information content (AvgIpc) is 3.15. The van der Waals surface area contributed by atoms with Gasteiger partial charge in [-0.1, -0.05) is 49.4 Å². The first kappa shape index (κ1) is 35.4. The number of β-amino-alcohol motifs (C(OH)–C–C–N with tert-alkyl or cyclic N) is 1. The highest BCUT2D eigenvalue weighted by molar-refractivity contribution is 7.99. The van der Waals surface area contributed by atoms with E-state index < -0.39 is 34.3 Å². The Morgan fingerprint density at radius 2 is 1.85 bits per heavy atom. The number of methoxy groups -OCH3 is 1. The molecule has 248 valence electrons. The monoisotopic (exact) mass is 670 g/mol. The number of nitrogens with zero attached hydrogens (tertiary/aromatic N) is 1. The second-order valence-electron chi connectivity index (χ2n) is 11.7. The maximum Gasteiger partial charge on any atom is 0.250 e. The van der Waals surface area contributed by atoms with Crippen molar-refractivity contribution in [3.05, 3.63) is 72.3 Å². The number of rotatable bonds is 14. The standard InChI is InChI=1S/C33H42N4O7S2/c1-5-35-46(42,43)30-9-7-6-8-26(30)23-12-10-22(11-13-23)19-37-28-15-14-25(44-4)16-29(28)45-21-27(32(37)41)36-31(40)17-33(2,3)34-18-24(39)20-38/h6-16,24,27,34-35,38-39H,5,17-21H2,1-4H3,(H,36,40)/t24-,27+/m0/s1.